The maximum absolute atomic E-state index is 3.89. The molecular formula is C11H23N. The minimum absolute atomic E-state index is 0.653. The van der Waals surface area contributed by atoms with Crippen LogP contribution in [0.1, 0.15) is 27.2 Å². The lowest BCUT2D eigenvalue weighted by Gasteiger charge is -2.24. The average Bonchev–Trinajstić information content (AvgIpc) is 2.12. The van der Waals surface area contributed by atoms with Crippen LogP contribution in [0.15, 0.2) is 12.7 Å². The van der Waals surface area contributed by atoms with Gasteiger partial charge >= 0.3 is 0 Å². The summed E-state index contributed by atoms with van der Waals surface area (Å²) in [5.74, 6) is 1.41. The van der Waals surface area contributed by atoms with E-state index in [0.717, 1.165) is 19.0 Å². The van der Waals surface area contributed by atoms with Crippen LogP contribution in [-0.2, 0) is 0 Å². The number of hydrogen-bond acceptors (Lipinski definition) is 1. The van der Waals surface area contributed by atoms with Crippen LogP contribution in [0.25, 0.3) is 0 Å². The molecule has 0 aliphatic carbocycles. The first kappa shape index (κ1) is 11.7. The molecule has 0 amide bonds. The standard InChI is InChI=1S/C11H23N/c1-6-10(4)11(7-2)9-12(5)8-3/h7,10-11H,2,6,8-9H2,1,3-5H3. The Bertz CT molecular complexity index is 120. The van der Waals surface area contributed by atoms with E-state index >= 15 is 0 Å². The molecule has 0 spiro atoms. The lowest BCUT2D eigenvalue weighted by atomic mass is 9.91. The molecule has 0 bridgehead atoms. The van der Waals surface area contributed by atoms with E-state index in [1.54, 1.807) is 0 Å². The van der Waals surface area contributed by atoms with E-state index in [9.17, 15) is 0 Å². The van der Waals surface area contributed by atoms with Crippen LogP contribution in [0.4, 0.5) is 0 Å². The van der Waals surface area contributed by atoms with E-state index in [1.165, 1.54) is 6.42 Å². The fourth-order valence-corrected chi connectivity index (χ4v) is 1.28. The van der Waals surface area contributed by atoms with Crippen LogP contribution in [0.2, 0.25) is 0 Å². The van der Waals surface area contributed by atoms with Crippen molar-refractivity contribution < 1.29 is 0 Å². The SMILES string of the molecule is C=CC(CN(C)CC)C(C)CC. The van der Waals surface area contributed by atoms with Gasteiger partial charge in [0.25, 0.3) is 0 Å². The van der Waals surface area contributed by atoms with Gasteiger partial charge in [-0.25, -0.2) is 0 Å². The minimum atomic E-state index is 0.653. The molecule has 0 saturated carbocycles. The zero-order valence-electron chi connectivity index (χ0n) is 9.01. The van der Waals surface area contributed by atoms with Gasteiger partial charge in [-0.3, -0.25) is 0 Å². The summed E-state index contributed by atoms with van der Waals surface area (Å²) < 4.78 is 0. The molecule has 1 nitrogen and oxygen atoms in total. The lowest BCUT2D eigenvalue weighted by Crippen LogP contribution is -2.27. The van der Waals surface area contributed by atoms with Gasteiger partial charge in [-0.15, -0.1) is 6.58 Å². The summed E-state index contributed by atoms with van der Waals surface area (Å²) in [5.41, 5.74) is 0. The highest BCUT2D eigenvalue weighted by atomic mass is 15.1. The summed E-state index contributed by atoms with van der Waals surface area (Å²) >= 11 is 0. The van der Waals surface area contributed by atoms with Crippen molar-refractivity contribution >= 4 is 0 Å². The molecule has 0 aliphatic rings. The van der Waals surface area contributed by atoms with Crippen LogP contribution in [0, 0.1) is 11.8 Å². The van der Waals surface area contributed by atoms with Crippen LogP contribution in [0.3, 0.4) is 0 Å². The molecule has 0 aromatic heterocycles. The molecule has 2 unspecified atom stereocenters. The molecule has 0 rings (SSSR count). The van der Waals surface area contributed by atoms with Crippen LogP contribution in [-0.4, -0.2) is 25.0 Å². The molecule has 0 fully saturated rings. The Kier molecular flexibility index (Phi) is 6.09. The molecule has 72 valence electrons. The number of rotatable bonds is 6. The Morgan fingerprint density at radius 3 is 2.33 bits per heavy atom. The first-order chi connectivity index (χ1) is 5.65. The molecule has 0 aromatic carbocycles. The largest absolute Gasteiger partial charge is 0.306 e. The maximum atomic E-state index is 3.89. The number of hydrogen-bond donors (Lipinski definition) is 0. The molecule has 0 heterocycles. The fourth-order valence-electron chi connectivity index (χ4n) is 1.28. The molecule has 0 N–H and O–H groups in total. The smallest absolute Gasteiger partial charge is 0.00436 e. The molecular weight excluding hydrogens is 146 g/mol. The average molecular weight is 169 g/mol. The maximum Gasteiger partial charge on any atom is 0.00436 e. The molecule has 2 atom stereocenters. The van der Waals surface area contributed by atoms with Gasteiger partial charge in [0.1, 0.15) is 0 Å². The van der Waals surface area contributed by atoms with Crippen molar-refractivity contribution in [3.05, 3.63) is 12.7 Å². The first-order valence-corrected chi connectivity index (χ1v) is 4.96. The predicted molar refractivity (Wildman–Crippen MR) is 56.3 cm³/mol. The van der Waals surface area contributed by atoms with Gasteiger partial charge < -0.3 is 4.90 Å². The van der Waals surface area contributed by atoms with Crippen molar-refractivity contribution in [1.29, 1.82) is 0 Å². The molecule has 0 radical (unpaired) electrons. The summed E-state index contributed by atoms with van der Waals surface area (Å²) in [4.78, 5) is 2.35. The summed E-state index contributed by atoms with van der Waals surface area (Å²) in [7, 11) is 2.17. The topological polar surface area (TPSA) is 3.24 Å². The van der Waals surface area contributed by atoms with E-state index in [2.05, 4.69) is 45.4 Å². The summed E-state index contributed by atoms with van der Waals surface area (Å²) in [6, 6.07) is 0. The highest BCUT2D eigenvalue weighted by Crippen LogP contribution is 2.16. The minimum Gasteiger partial charge on any atom is -0.306 e. The summed E-state index contributed by atoms with van der Waals surface area (Å²) in [6.45, 7) is 12.9. The first-order valence-electron chi connectivity index (χ1n) is 4.96. The van der Waals surface area contributed by atoms with E-state index in [-0.39, 0.29) is 0 Å². The third kappa shape index (κ3) is 3.91. The van der Waals surface area contributed by atoms with Gasteiger partial charge in [0.05, 0.1) is 0 Å². The van der Waals surface area contributed by atoms with Crippen molar-refractivity contribution in [2.45, 2.75) is 27.2 Å². The highest BCUT2D eigenvalue weighted by Gasteiger charge is 2.13. The van der Waals surface area contributed by atoms with Gasteiger partial charge in [-0.05, 0) is 25.4 Å². The molecule has 0 aromatic rings. The van der Waals surface area contributed by atoms with E-state index < -0.39 is 0 Å². The monoisotopic (exact) mass is 169 g/mol. The Hall–Kier alpha value is -0.300. The van der Waals surface area contributed by atoms with Crippen LogP contribution < -0.4 is 0 Å². The van der Waals surface area contributed by atoms with Crippen LogP contribution in [0.5, 0.6) is 0 Å². The van der Waals surface area contributed by atoms with Gasteiger partial charge in [0.2, 0.25) is 0 Å². The van der Waals surface area contributed by atoms with Gasteiger partial charge in [0.15, 0.2) is 0 Å². The van der Waals surface area contributed by atoms with Crippen LogP contribution >= 0.6 is 0 Å². The Morgan fingerprint density at radius 2 is 2.00 bits per heavy atom. The highest BCUT2D eigenvalue weighted by molar-refractivity contribution is 4.84. The van der Waals surface area contributed by atoms with Crippen molar-refractivity contribution in [3.8, 4) is 0 Å². The predicted octanol–water partition coefficient (Wildman–Crippen LogP) is 2.79. The zero-order chi connectivity index (χ0) is 9.56. The molecule has 12 heavy (non-hydrogen) atoms. The molecule has 0 aliphatic heterocycles. The zero-order valence-corrected chi connectivity index (χ0v) is 9.01. The van der Waals surface area contributed by atoms with Crippen molar-refractivity contribution in [3.63, 3.8) is 0 Å². The van der Waals surface area contributed by atoms with E-state index in [4.69, 9.17) is 0 Å². The van der Waals surface area contributed by atoms with Gasteiger partial charge in [-0.2, -0.15) is 0 Å². The Balaban J connectivity index is 3.89. The van der Waals surface area contributed by atoms with E-state index in [0.29, 0.717) is 5.92 Å². The fraction of sp³-hybridized carbons (Fsp3) is 0.818. The summed E-state index contributed by atoms with van der Waals surface area (Å²) in [5, 5.41) is 0. The quantitative estimate of drug-likeness (QED) is 0.553. The second-order valence-electron chi connectivity index (χ2n) is 3.64. The number of nitrogens with zero attached hydrogens (tertiary/aromatic N) is 1. The Morgan fingerprint density at radius 1 is 1.42 bits per heavy atom. The van der Waals surface area contributed by atoms with Crippen molar-refractivity contribution in [2.24, 2.45) is 11.8 Å². The third-order valence-electron chi connectivity index (χ3n) is 2.74. The lowest BCUT2D eigenvalue weighted by molar-refractivity contribution is 0.267. The molecule has 1 heteroatoms. The Labute approximate surface area is 77.5 Å². The second kappa shape index (κ2) is 6.24. The van der Waals surface area contributed by atoms with Crippen molar-refractivity contribution in [2.75, 3.05) is 20.1 Å². The van der Waals surface area contributed by atoms with E-state index in [1.807, 2.05) is 0 Å². The summed E-state index contributed by atoms with van der Waals surface area (Å²) in [6.07, 6.45) is 3.34. The second-order valence-corrected chi connectivity index (χ2v) is 3.64. The normalized spacial score (nSPS) is 16.1. The van der Waals surface area contributed by atoms with Gasteiger partial charge in [-0.1, -0.05) is 33.3 Å². The molecule has 0 saturated heterocycles. The third-order valence-corrected chi connectivity index (χ3v) is 2.74. The van der Waals surface area contributed by atoms with Crippen molar-refractivity contribution in [1.82, 2.24) is 4.90 Å². The van der Waals surface area contributed by atoms with Gasteiger partial charge in [0, 0.05) is 6.54 Å².